The smallest absolute Gasteiger partial charge is 0.246 e. The van der Waals surface area contributed by atoms with E-state index in [9.17, 15) is 9.59 Å². The predicted molar refractivity (Wildman–Crippen MR) is 63.4 cm³/mol. The highest BCUT2D eigenvalue weighted by Crippen LogP contribution is 2.29. The quantitative estimate of drug-likeness (QED) is 0.794. The molecular weight excluding hydrogens is 244 g/mol. The molecule has 17 heavy (non-hydrogen) atoms. The summed E-state index contributed by atoms with van der Waals surface area (Å²) in [5.74, 6) is -0.0652. The second kappa shape index (κ2) is 4.63. The molecule has 1 aromatic carbocycles. The second-order valence-electron chi connectivity index (χ2n) is 3.65. The number of amides is 2. The molecular formula is C11H11ClN2O3. The molecule has 6 heteroatoms. The molecule has 1 aliphatic rings. The number of carbonyl (C=O) groups is 2. The van der Waals surface area contributed by atoms with Crippen molar-refractivity contribution in [3.05, 3.63) is 23.2 Å². The fraction of sp³-hybridized carbons (Fsp3) is 0.273. The van der Waals surface area contributed by atoms with E-state index in [2.05, 4.69) is 5.32 Å². The average Bonchev–Trinajstić information content (AvgIpc) is 2.27. The standard InChI is InChI=1S/C11H11ClN2O3/c1-17-9-3-2-7(4-8(9)12)14-5-10(15)13-11(16)6-14/h2-4H,5-6H2,1H3,(H,13,15,16). The highest BCUT2D eigenvalue weighted by atomic mass is 35.5. The van der Waals surface area contributed by atoms with Gasteiger partial charge in [-0.2, -0.15) is 0 Å². The van der Waals surface area contributed by atoms with E-state index in [4.69, 9.17) is 16.3 Å². The number of imide groups is 1. The van der Waals surface area contributed by atoms with Crippen LogP contribution in [0.3, 0.4) is 0 Å². The first-order valence-corrected chi connectivity index (χ1v) is 5.39. The van der Waals surface area contributed by atoms with Gasteiger partial charge in [-0.1, -0.05) is 11.6 Å². The monoisotopic (exact) mass is 254 g/mol. The molecule has 0 bridgehead atoms. The molecule has 1 saturated heterocycles. The van der Waals surface area contributed by atoms with Gasteiger partial charge in [0.1, 0.15) is 5.75 Å². The van der Waals surface area contributed by atoms with Crippen LogP contribution in [0.5, 0.6) is 5.75 Å². The van der Waals surface area contributed by atoms with Crippen molar-refractivity contribution in [3.63, 3.8) is 0 Å². The summed E-state index contributed by atoms with van der Waals surface area (Å²) >= 11 is 5.98. The Labute approximate surface area is 103 Å². The number of hydrogen-bond donors (Lipinski definition) is 1. The largest absolute Gasteiger partial charge is 0.495 e. The first kappa shape index (κ1) is 11.7. The number of carbonyl (C=O) groups excluding carboxylic acids is 2. The zero-order chi connectivity index (χ0) is 12.4. The molecule has 0 radical (unpaired) electrons. The summed E-state index contributed by atoms with van der Waals surface area (Å²) in [5.41, 5.74) is 0.721. The maximum atomic E-state index is 11.2. The van der Waals surface area contributed by atoms with Crippen molar-refractivity contribution in [2.24, 2.45) is 0 Å². The average molecular weight is 255 g/mol. The van der Waals surface area contributed by atoms with Gasteiger partial charge in [0.25, 0.3) is 0 Å². The maximum Gasteiger partial charge on any atom is 0.246 e. The molecule has 90 valence electrons. The Morgan fingerprint density at radius 3 is 2.47 bits per heavy atom. The van der Waals surface area contributed by atoms with Crippen LogP contribution in [0.4, 0.5) is 5.69 Å². The number of anilines is 1. The van der Waals surface area contributed by atoms with Crippen LogP contribution in [0.1, 0.15) is 0 Å². The number of halogens is 1. The fourth-order valence-corrected chi connectivity index (χ4v) is 1.92. The van der Waals surface area contributed by atoms with Gasteiger partial charge < -0.3 is 9.64 Å². The van der Waals surface area contributed by atoms with Gasteiger partial charge in [0.05, 0.1) is 25.2 Å². The van der Waals surface area contributed by atoms with Gasteiger partial charge in [-0.05, 0) is 18.2 Å². The fourth-order valence-electron chi connectivity index (χ4n) is 1.67. The van der Waals surface area contributed by atoms with Crippen LogP contribution < -0.4 is 15.0 Å². The number of hydrogen-bond acceptors (Lipinski definition) is 4. The number of rotatable bonds is 2. The highest BCUT2D eigenvalue weighted by molar-refractivity contribution is 6.32. The van der Waals surface area contributed by atoms with Crippen LogP contribution in [0.25, 0.3) is 0 Å². The van der Waals surface area contributed by atoms with Gasteiger partial charge in [0.2, 0.25) is 11.8 Å². The predicted octanol–water partition coefficient (Wildman–Crippen LogP) is 0.811. The van der Waals surface area contributed by atoms with Gasteiger partial charge in [0, 0.05) is 5.69 Å². The van der Waals surface area contributed by atoms with Crippen molar-refractivity contribution in [3.8, 4) is 5.75 Å². The molecule has 2 amide bonds. The van der Waals surface area contributed by atoms with Crippen molar-refractivity contribution in [2.75, 3.05) is 25.1 Å². The van der Waals surface area contributed by atoms with E-state index in [0.717, 1.165) is 5.69 Å². The molecule has 0 atom stereocenters. The first-order valence-electron chi connectivity index (χ1n) is 5.01. The van der Waals surface area contributed by atoms with Gasteiger partial charge in [0.15, 0.2) is 0 Å². The number of nitrogens with one attached hydrogen (secondary N) is 1. The molecule has 0 saturated carbocycles. The lowest BCUT2D eigenvalue weighted by molar-refractivity contribution is -0.130. The van der Waals surface area contributed by atoms with Crippen molar-refractivity contribution < 1.29 is 14.3 Å². The summed E-state index contributed by atoms with van der Waals surface area (Å²) in [7, 11) is 1.53. The third kappa shape index (κ3) is 2.50. The van der Waals surface area contributed by atoms with E-state index < -0.39 is 0 Å². The number of methoxy groups -OCH3 is 1. The number of nitrogens with zero attached hydrogens (tertiary/aromatic N) is 1. The summed E-state index contributed by atoms with van der Waals surface area (Å²) in [6.45, 7) is 0.294. The third-order valence-electron chi connectivity index (χ3n) is 2.45. The Morgan fingerprint density at radius 1 is 1.29 bits per heavy atom. The Bertz CT molecular complexity index is 460. The van der Waals surface area contributed by atoms with Crippen LogP contribution in [0.15, 0.2) is 18.2 Å². The minimum Gasteiger partial charge on any atom is -0.495 e. The van der Waals surface area contributed by atoms with Gasteiger partial charge in [-0.15, -0.1) is 0 Å². The van der Waals surface area contributed by atoms with Crippen LogP contribution in [-0.4, -0.2) is 32.0 Å². The molecule has 0 spiro atoms. The molecule has 5 nitrogen and oxygen atoms in total. The Kier molecular flexibility index (Phi) is 3.19. The summed E-state index contributed by atoms with van der Waals surface area (Å²) < 4.78 is 5.03. The molecule has 0 unspecified atom stereocenters. The molecule has 1 aliphatic heterocycles. The number of piperazine rings is 1. The Morgan fingerprint density at radius 2 is 1.94 bits per heavy atom. The van der Waals surface area contributed by atoms with Gasteiger partial charge >= 0.3 is 0 Å². The summed E-state index contributed by atoms with van der Waals surface area (Å²) in [4.78, 5) is 24.1. The van der Waals surface area contributed by atoms with Gasteiger partial charge in [-0.3, -0.25) is 14.9 Å². The minimum absolute atomic E-state index is 0.147. The minimum atomic E-state index is -0.312. The van der Waals surface area contributed by atoms with E-state index in [0.29, 0.717) is 10.8 Å². The van der Waals surface area contributed by atoms with E-state index in [1.54, 1.807) is 23.1 Å². The summed E-state index contributed by atoms with van der Waals surface area (Å²) in [6, 6.07) is 5.14. The molecule has 1 heterocycles. The highest BCUT2D eigenvalue weighted by Gasteiger charge is 2.22. The Hall–Kier alpha value is -1.75. The van der Waals surface area contributed by atoms with Crippen molar-refractivity contribution >= 4 is 29.1 Å². The van der Waals surface area contributed by atoms with Crippen LogP contribution in [0, 0.1) is 0 Å². The lowest BCUT2D eigenvalue weighted by Gasteiger charge is -2.27. The third-order valence-corrected chi connectivity index (χ3v) is 2.74. The van der Waals surface area contributed by atoms with Crippen LogP contribution in [-0.2, 0) is 9.59 Å². The van der Waals surface area contributed by atoms with E-state index in [-0.39, 0.29) is 24.9 Å². The normalized spacial score (nSPS) is 15.8. The van der Waals surface area contributed by atoms with Gasteiger partial charge in [-0.25, -0.2) is 0 Å². The van der Waals surface area contributed by atoms with Crippen molar-refractivity contribution in [1.29, 1.82) is 0 Å². The number of benzene rings is 1. The Balaban J connectivity index is 2.25. The molecule has 1 aromatic rings. The second-order valence-corrected chi connectivity index (χ2v) is 4.05. The van der Waals surface area contributed by atoms with E-state index in [1.165, 1.54) is 7.11 Å². The molecule has 0 aliphatic carbocycles. The zero-order valence-corrected chi connectivity index (χ0v) is 9.95. The SMILES string of the molecule is COc1ccc(N2CC(=O)NC(=O)C2)cc1Cl. The summed E-state index contributed by atoms with van der Waals surface area (Å²) in [6.07, 6.45) is 0. The van der Waals surface area contributed by atoms with Crippen LogP contribution >= 0.6 is 11.6 Å². The van der Waals surface area contributed by atoms with Crippen LogP contribution in [0.2, 0.25) is 5.02 Å². The summed E-state index contributed by atoms with van der Waals surface area (Å²) in [5, 5.41) is 2.69. The first-order chi connectivity index (χ1) is 8.10. The number of ether oxygens (including phenoxy) is 1. The topological polar surface area (TPSA) is 58.6 Å². The molecule has 2 rings (SSSR count). The lowest BCUT2D eigenvalue weighted by atomic mass is 10.2. The zero-order valence-electron chi connectivity index (χ0n) is 9.20. The molecule has 0 aromatic heterocycles. The lowest BCUT2D eigenvalue weighted by Crippen LogP contribution is -2.51. The maximum absolute atomic E-state index is 11.2. The molecule has 1 N–H and O–H groups in total. The van der Waals surface area contributed by atoms with E-state index in [1.807, 2.05) is 0 Å². The van der Waals surface area contributed by atoms with E-state index >= 15 is 0 Å². The van der Waals surface area contributed by atoms with Crippen molar-refractivity contribution in [1.82, 2.24) is 5.32 Å². The van der Waals surface area contributed by atoms with Crippen molar-refractivity contribution in [2.45, 2.75) is 0 Å². The molecule has 1 fully saturated rings.